The summed E-state index contributed by atoms with van der Waals surface area (Å²) in [7, 11) is 0. The van der Waals surface area contributed by atoms with Gasteiger partial charge in [-0.05, 0) is 63.4 Å². The van der Waals surface area contributed by atoms with E-state index in [1.54, 1.807) is 0 Å². The topological polar surface area (TPSA) is 35.5 Å². The van der Waals surface area contributed by atoms with E-state index in [-0.39, 0.29) is 11.5 Å². The fraction of sp³-hybridized carbons (Fsp3) is 0.938. The molecule has 0 aromatic heterocycles. The van der Waals surface area contributed by atoms with Gasteiger partial charge >= 0.3 is 0 Å². The predicted octanol–water partition coefficient (Wildman–Crippen LogP) is 3.21. The summed E-state index contributed by atoms with van der Waals surface area (Å²) in [6.07, 6.45) is 7.13. The Morgan fingerprint density at radius 2 is 1.90 bits per heavy atom. The lowest BCUT2D eigenvalue weighted by Gasteiger charge is -2.45. The highest BCUT2D eigenvalue weighted by Gasteiger charge is 2.46. The molecule has 1 spiro atoms. The van der Waals surface area contributed by atoms with E-state index >= 15 is 0 Å². The van der Waals surface area contributed by atoms with Crippen molar-refractivity contribution in [3.05, 3.63) is 0 Å². The van der Waals surface area contributed by atoms with Crippen molar-refractivity contribution in [2.75, 3.05) is 24.7 Å². The van der Waals surface area contributed by atoms with Crippen molar-refractivity contribution in [1.82, 2.24) is 0 Å². The van der Waals surface area contributed by atoms with Crippen LogP contribution in [-0.4, -0.2) is 41.7 Å². The molecule has 0 amide bonds. The number of hydrogen-bond donors (Lipinski definition) is 0. The number of ketones is 1. The fourth-order valence-corrected chi connectivity index (χ4v) is 5.14. The van der Waals surface area contributed by atoms with Crippen LogP contribution in [0, 0.1) is 5.92 Å². The maximum Gasteiger partial charge on any atom is 0.167 e. The van der Waals surface area contributed by atoms with Crippen LogP contribution >= 0.6 is 11.8 Å². The smallest absolute Gasteiger partial charge is 0.167 e. The predicted molar refractivity (Wildman–Crippen MR) is 81.2 cm³/mol. The Kier molecular flexibility index (Phi) is 4.44. The number of carbonyl (C=O) groups excluding carboxylic acids is 1. The van der Waals surface area contributed by atoms with Crippen molar-refractivity contribution >= 4 is 17.5 Å². The summed E-state index contributed by atoms with van der Waals surface area (Å²) in [6, 6.07) is 0. The second kappa shape index (κ2) is 5.98. The van der Waals surface area contributed by atoms with Gasteiger partial charge < -0.3 is 9.47 Å². The molecule has 3 fully saturated rings. The van der Waals surface area contributed by atoms with Gasteiger partial charge in [0.15, 0.2) is 5.78 Å². The van der Waals surface area contributed by atoms with Gasteiger partial charge in [0.05, 0.1) is 5.60 Å². The van der Waals surface area contributed by atoms with Crippen molar-refractivity contribution in [3.63, 3.8) is 0 Å². The molecule has 0 aromatic carbocycles. The van der Waals surface area contributed by atoms with E-state index in [1.165, 1.54) is 11.5 Å². The van der Waals surface area contributed by atoms with Gasteiger partial charge in [-0.15, -0.1) is 0 Å². The average Bonchev–Trinajstić information content (AvgIpc) is 2.48. The van der Waals surface area contributed by atoms with Gasteiger partial charge in [-0.1, -0.05) is 0 Å². The molecule has 3 heterocycles. The lowest BCUT2D eigenvalue weighted by molar-refractivity contribution is -0.163. The van der Waals surface area contributed by atoms with E-state index < -0.39 is 5.60 Å². The molecule has 3 aliphatic heterocycles. The zero-order valence-electron chi connectivity index (χ0n) is 12.5. The third kappa shape index (κ3) is 2.93. The first-order valence-electron chi connectivity index (χ1n) is 8.04. The van der Waals surface area contributed by atoms with Gasteiger partial charge in [0.25, 0.3) is 0 Å². The van der Waals surface area contributed by atoms with E-state index in [9.17, 15) is 4.79 Å². The van der Waals surface area contributed by atoms with Crippen LogP contribution in [0.5, 0.6) is 0 Å². The second-order valence-electron chi connectivity index (χ2n) is 6.73. The number of thioether (sulfide) groups is 1. The van der Waals surface area contributed by atoms with Gasteiger partial charge in [0, 0.05) is 19.1 Å². The number of hydrogen-bond acceptors (Lipinski definition) is 4. The van der Waals surface area contributed by atoms with Gasteiger partial charge in [0.1, 0.15) is 5.60 Å². The lowest BCUT2D eigenvalue weighted by Crippen LogP contribution is -2.50. The van der Waals surface area contributed by atoms with Crippen LogP contribution in [0.3, 0.4) is 0 Å². The zero-order valence-corrected chi connectivity index (χ0v) is 13.3. The summed E-state index contributed by atoms with van der Waals surface area (Å²) in [5.41, 5.74) is -0.528. The number of Topliss-reactive ketones (excluding diaryl/α,β-unsaturated/α-hetero) is 1. The number of rotatable bonds is 2. The van der Waals surface area contributed by atoms with Crippen LogP contribution in [-0.2, 0) is 14.3 Å². The molecule has 3 rings (SSSR count). The minimum Gasteiger partial charge on any atom is -0.375 e. The summed E-state index contributed by atoms with van der Waals surface area (Å²) in [5, 5.41) is 0. The number of ether oxygens (including phenoxy) is 2. The van der Waals surface area contributed by atoms with Gasteiger partial charge in [-0.3, -0.25) is 4.79 Å². The highest BCUT2D eigenvalue weighted by atomic mass is 32.2. The quantitative estimate of drug-likeness (QED) is 0.784. The Balaban J connectivity index is 1.68. The highest BCUT2D eigenvalue weighted by Crippen LogP contribution is 2.42. The van der Waals surface area contributed by atoms with Crippen LogP contribution in [0.2, 0.25) is 0 Å². The molecule has 114 valence electrons. The highest BCUT2D eigenvalue weighted by molar-refractivity contribution is 7.99. The summed E-state index contributed by atoms with van der Waals surface area (Å²) in [5.74, 6) is 2.84. The van der Waals surface area contributed by atoms with Crippen LogP contribution in [0.4, 0.5) is 0 Å². The van der Waals surface area contributed by atoms with E-state index in [0.717, 1.165) is 58.2 Å². The van der Waals surface area contributed by atoms with Crippen molar-refractivity contribution in [2.24, 2.45) is 5.92 Å². The molecule has 0 radical (unpaired) electrons. The van der Waals surface area contributed by atoms with Crippen LogP contribution in [0.1, 0.15) is 51.9 Å². The first-order chi connectivity index (χ1) is 9.64. The molecule has 0 N–H and O–H groups in total. The fourth-order valence-electron chi connectivity index (χ4n) is 3.90. The Morgan fingerprint density at radius 3 is 2.60 bits per heavy atom. The maximum absolute atomic E-state index is 12.9. The van der Waals surface area contributed by atoms with E-state index in [4.69, 9.17) is 9.47 Å². The third-order valence-electron chi connectivity index (χ3n) is 5.26. The average molecular weight is 298 g/mol. The lowest BCUT2D eigenvalue weighted by atomic mass is 9.75. The molecule has 4 heteroatoms. The summed E-state index contributed by atoms with van der Waals surface area (Å²) >= 11 is 2.01. The molecule has 2 atom stereocenters. The molecule has 2 unspecified atom stereocenters. The minimum absolute atomic E-state index is 0.00511. The monoisotopic (exact) mass is 298 g/mol. The van der Waals surface area contributed by atoms with Crippen molar-refractivity contribution in [1.29, 1.82) is 0 Å². The SMILES string of the molecule is CC1(C(=O)C2CCOC3(CCSCC3)C2)CCCCO1. The Hall–Kier alpha value is -0.0600. The van der Waals surface area contributed by atoms with Crippen molar-refractivity contribution in [2.45, 2.75) is 63.1 Å². The standard InChI is InChI=1S/C16H26O3S/c1-15(5-2-3-8-18-15)14(17)13-4-9-19-16(12-13)6-10-20-11-7-16/h13H,2-12H2,1H3. The van der Waals surface area contributed by atoms with Gasteiger partial charge in [-0.2, -0.15) is 11.8 Å². The molecule has 3 saturated heterocycles. The maximum atomic E-state index is 12.9. The normalized spacial score (nSPS) is 37.8. The molecule has 0 aliphatic carbocycles. The van der Waals surface area contributed by atoms with Crippen molar-refractivity contribution < 1.29 is 14.3 Å². The summed E-state index contributed by atoms with van der Waals surface area (Å²) in [4.78, 5) is 12.9. The molecule has 0 saturated carbocycles. The van der Waals surface area contributed by atoms with E-state index in [0.29, 0.717) is 5.78 Å². The third-order valence-corrected chi connectivity index (χ3v) is 6.24. The Morgan fingerprint density at radius 1 is 1.10 bits per heavy atom. The minimum atomic E-state index is -0.523. The number of carbonyl (C=O) groups is 1. The molecule has 0 bridgehead atoms. The molecule has 3 nitrogen and oxygen atoms in total. The summed E-state index contributed by atoms with van der Waals surface area (Å²) < 4.78 is 12.0. The van der Waals surface area contributed by atoms with Gasteiger partial charge in [-0.25, -0.2) is 0 Å². The van der Waals surface area contributed by atoms with Crippen LogP contribution < -0.4 is 0 Å². The zero-order chi connectivity index (χ0) is 14.1. The Bertz CT molecular complexity index is 351. The molecular formula is C16H26O3S. The Labute approximate surface area is 126 Å². The van der Waals surface area contributed by atoms with Crippen molar-refractivity contribution in [3.8, 4) is 0 Å². The van der Waals surface area contributed by atoms with E-state index in [2.05, 4.69) is 0 Å². The largest absolute Gasteiger partial charge is 0.375 e. The van der Waals surface area contributed by atoms with E-state index in [1.807, 2.05) is 18.7 Å². The molecule has 20 heavy (non-hydrogen) atoms. The second-order valence-corrected chi connectivity index (χ2v) is 7.96. The summed E-state index contributed by atoms with van der Waals surface area (Å²) in [6.45, 7) is 3.50. The molecule has 0 aromatic rings. The van der Waals surface area contributed by atoms with Crippen LogP contribution in [0.15, 0.2) is 0 Å². The molecular weight excluding hydrogens is 272 g/mol. The van der Waals surface area contributed by atoms with Crippen LogP contribution in [0.25, 0.3) is 0 Å². The first-order valence-corrected chi connectivity index (χ1v) is 9.19. The molecule has 3 aliphatic rings. The first kappa shape index (κ1) is 14.9. The van der Waals surface area contributed by atoms with Gasteiger partial charge in [0.2, 0.25) is 0 Å².